The highest BCUT2D eigenvalue weighted by atomic mass is 19.1. The zero-order valence-electron chi connectivity index (χ0n) is 11.8. The third kappa shape index (κ3) is 3.72. The van der Waals surface area contributed by atoms with Crippen molar-refractivity contribution in [3.8, 4) is 6.01 Å². The Morgan fingerprint density at radius 3 is 2.73 bits per heavy atom. The van der Waals surface area contributed by atoms with Gasteiger partial charge in [0.25, 0.3) is 0 Å². The average Bonchev–Trinajstić information content (AvgIpc) is 2.73. The van der Waals surface area contributed by atoms with Crippen LogP contribution in [0.5, 0.6) is 6.01 Å². The van der Waals surface area contributed by atoms with E-state index in [-0.39, 0.29) is 17.5 Å². The van der Waals surface area contributed by atoms with Gasteiger partial charge in [-0.15, -0.1) is 0 Å². The normalized spacial score (nSPS) is 10.1. The molecule has 1 aromatic carbocycles. The van der Waals surface area contributed by atoms with Crippen molar-refractivity contribution in [3.63, 3.8) is 0 Å². The maximum Gasteiger partial charge on any atom is 0.513 e. The summed E-state index contributed by atoms with van der Waals surface area (Å²) < 4.78 is 19.1. The van der Waals surface area contributed by atoms with Gasteiger partial charge in [0, 0.05) is 12.7 Å². The smallest absolute Gasteiger partial charge is 0.449 e. The quantitative estimate of drug-likeness (QED) is 0.756. The Morgan fingerprint density at radius 1 is 1.36 bits per heavy atom. The van der Waals surface area contributed by atoms with Crippen LogP contribution in [0, 0.1) is 12.7 Å². The van der Waals surface area contributed by atoms with Crippen LogP contribution in [-0.4, -0.2) is 26.8 Å². The Labute approximate surface area is 124 Å². The molecule has 0 radical (unpaired) electrons. The number of carbonyl (C=O) groups excluding carboxylic acids is 1. The molecule has 2 aromatic rings. The first-order chi connectivity index (χ1) is 10.3. The summed E-state index contributed by atoms with van der Waals surface area (Å²) in [6.45, 7) is 1.61. The third-order valence-electron chi connectivity index (χ3n) is 2.68. The number of aryl methyl sites for hydroxylation is 2. The van der Waals surface area contributed by atoms with Crippen LogP contribution < -0.4 is 15.4 Å². The van der Waals surface area contributed by atoms with Gasteiger partial charge in [-0.05, 0) is 24.6 Å². The molecule has 2 rings (SSSR count). The van der Waals surface area contributed by atoms with E-state index >= 15 is 0 Å². The standard InChI is InChI=1S/C13H13FN4O4/c1-7-3-4-8(5-9(7)14)15-11(19)16-10-6-18(2)12(17-10)22-13(20)21/h3-6H,1-2H3,(H,20,21)(H2,15,16,19). The first-order valence-electron chi connectivity index (χ1n) is 6.13. The lowest BCUT2D eigenvalue weighted by Gasteiger charge is -2.06. The van der Waals surface area contributed by atoms with Crippen LogP contribution in [0.1, 0.15) is 5.56 Å². The molecule has 1 heterocycles. The summed E-state index contributed by atoms with van der Waals surface area (Å²) in [4.78, 5) is 26.0. The van der Waals surface area contributed by atoms with Crippen LogP contribution in [-0.2, 0) is 7.05 Å². The van der Waals surface area contributed by atoms with Crippen molar-refractivity contribution in [1.82, 2.24) is 9.55 Å². The van der Waals surface area contributed by atoms with Gasteiger partial charge in [0.15, 0.2) is 5.82 Å². The molecule has 9 heteroatoms. The summed E-state index contributed by atoms with van der Waals surface area (Å²) in [6.07, 6.45) is -0.145. The first-order valence-corrected chi connectivity index (χ1v) is 6.13. The summed E-state index contributed by atoms with van der Waals surface area (Å²) in [5, 5.41) is 13.3. The molecule has 0 aliphatic heterocycles. The molecule has 1 aromatic heterocycles. The van der Waals surface area contributed by atoms with Crippen molar-refractivity contribution in [2.45, 2.75) is 6.92 Å². The number of nitrogens with zero attached hydrogens (tertiary/aromatic N) is 2. The second kappa shape index (κ2) is 6.12. The van der Waals surface area contributed by atoms with Gasteiger partial charge in [0.1, 0.15) is 5.82 Å². The number of halogens is 1. The lowest BCUT2D eigenvalue weighted by Crippen LogP contribution is -2.19. The second-order valence-corrected chi connectivity index (χ2v) is 4.43. The van der Waals surface area contributed by atoms with E-state index in [4.69, 9.17) is 5.11 Å². The van der Waals surface area contributed by atoms with Crippen LogP contribution >= 0.6 is 0 Å². The molecule has 0 saturated carbocycles. The molecule has 0 aliphatic rings. The third-order valence-corrected chi connectivity index (χ3v) is 2.68. The van der Waals surface area contributed by atoms with Crippen LogP contribution in [0.3, 0.4) is 0 Å². The second-order valence-electron chi connectivity index (χ2n) is 4.43. The van der Waals surface area contributed by atoms with Crippen molar-refractivity contribution in [3.05, 3.63) is 35.8 Å². The molecule has 0 atom stereocenters. The number of rotatable bonds is 3. The van der Waals surface area contributed by atoms with Gasteiger partial charge in [-0.25, -0.2) is 14.0 Å². The molecule has 0 fully saturated rings. The summed E-state index contributed by atoms with van der Waals surface area (Å²) in [5.74, 6) is -0.350. The van der Waals surface area contributed by atoms with Crippen LogP contribution in [0.25, 0.3) is 0 Å². The predicted molar refractivity (Wildman–Crippen MR) is 75.6 cm³/mol. The molecule has 3 N–H and O–H groups in total. The van der Waals surface area contributed by atoms with E-state index in [1.165, 1.54) is 29.9 Å². The van der Waals surface area contributed by atoms with E-state index < -0.39 is 18.0 Å². The van der Waals surface area contributed by atoms with E-state index in [1.54, 1.807) is 13.0 Å². The molecule has 0 saturated heterocycles. The number of benzene rings is 1. The van der Waals surface area contributed by atoms with Gasteiger partial charge in [-0.1, -0.05) is 6.07 Å². The Balaban J connectivity index is 2.02. The van der Waals surface area contributed by atoms with Crippen molar-refractivity contribution >= 4 is 23.7 Å². The first kappa shape index (κ1) is 15.3. The van der Waals surface area contributed by atoms with Gasteiger partial charge >= 0.3 is 18.2 Å². The molecule has 0 bridgehead atoms. The SMILES string of the molecule is Cc1ccc(NC(=O)Nc2cn(C)c(OC(=O)O)n2)cc1F. The molecule has 22 heavy (non-hydrogen) atoms. The van der Waals surface area contributed by atoms with Crippen molar-refractivity contribution < 1.29 is 23.8 Å². The highest BCUT2D eigenvalue weighted by Gasteiger charge is 2.12. The summed E-state index contributed by atoms with van der Waals surface area (Å²) >= 11 is 0. The van der Waals surface area contributed by atoms with Gasteiger partial charge in [0.05, 0.1) is 6.20 Å². The fourth-order valence-corrected chi connectivity index (χ4v) is 1.63. The van der Waals surface area contributed by atoms with E-state index in [1.807, 2.05) is 0 Å². The van der Waals surface area contributed by atoms with Gasteiger partial charge in [-0.3, -0.25) is 5.32 Å². The lowest BCUT2D eigenvalue weighted by atomic mass is 10.2. The monoisotopic (exact) mass is 308 g/mol. The number of aromatic nitrogens is 2. The minimum absolute atomic E-state index is 0.0869. The largest absolute Gasteiger partial charge is 0.513 e. The van der Waals surface area contributed by atoms with Crippen LogP contribution in [0.4, 0.5) is 25.5 Å². The minimum Gasteiger partial charge on any atom is -0.449 e. The topological polar surface area (TPSA) is 105 Å². The fraction of sp³-hybridized carbons (Fsp3) is 0.154. The minimum atomic E-state index is -1.51. The number of hydrogen-bond acceptors (Lipinski definition) is 4. The molecule has 2 amide bonds. The van der Waals surface area contributed by atoms with Gasteiger partial charge < -0.3 is 19.7 Å². The molecule has 8 nitrogen and oxygen atoms in total. The lowest BCUT2D eigenvalue weighted by molar-refractivity contribution is 0.139. The predicted octanol–water partition coefficient (Wildman–Crippen LogP) is 2.57. The van der Waals surface area contributed by atoms with Crippen molar-refractivity contribution in [2.75, 3.05) is 10.6 Å². The zero-order chi connectivity index (χ0) is 16.3. The number of amides is 2. The summed E-state index contributed by atoms with van der Waals surface area (Å²) in [6, 6.07) is 3.43. The zero-order valence-corrected chi connectivity index (χ0v) is 11.8. The van der Waals surface area contributed by atoms with Gasteiger partial charge in [0.2, 0.25) is 0 Å². The Morgan fingerprint density at radius 2 is 2.09 bits per heavy atom. The summed E-state index contributed by atoms with van der Waals surface area (Å²) in [5.41, 5.74) is 0.740. The number of carbonyl (C=O) groups is 2. The number of imidazole rings is 1. The van der Waals surface area contributed by atoms with Crippen molar-refractivity contribution in [2.24, 2.45) is 7.05 Å². The van der Waals surface area contributed by atoms with Crippen LogP contribution in [0.15, 0.2) is 24.4 Å². The molecule has 116 valence electrons. The number of carboxylic acid groups (broad SMARTS) is 1. The highest BCUT2D eigenvalue weighted by Crippen LogP contribution is 2.16. The highest BCUT2D eigenvalue weighted by molar-refractivity contribution is 5.99. The molecule has 0 unspecified atom stereocenters. The van der Waals surface area contributed by atoms with Crippen molar-refractivity contribution in [1.29, 1.82) is 0 Å². The molecule has 0 aliphatic carbocycles. The number of anilines is 2. The Kier molecular flexibility index (Phi) is 4.25. The molecular weight excluding hydrogens is 295 g/mol. The maximum absolute atomic E-state index is 13.4. The summed E-state index contributed by atoms with van der Waals surface area (Å²) in [7, 11) is 1.50. The average molecular weight is 308 g/mol. The fourth-order valence-electron chi connectivity index (χ4n) is 1.63. The number of nitrogens with one attached hydrogen (secondary N) is 2. The van der Waals surface area contributed by atoms with E-state index in [0.29, 0.717) is 5.56 Å². The Bertz CT molecular complexity index is 729. The van der Waals surface area contributed by atoms with Crippen LogP contribution in [0.2, 0.25) is 0 Å². The number of hydrogen-bond donors (Lipinski definition) is 3. The molecular formula is C13H13FN4O4. The maximum atomic E-state index is 13.4. The van der Waals surface area contributed by atoms with E-state index in [2.05, 4.69) is 20.4 Å². The number of urea groups is 1. The molecule has 0 spiro atoms. The van der Waals surface area contributed by atoms with E-state index in [9.17, 15) is 14.0 Å². The van der Waals surface area contributed by atoms with E-state index in [0.717, 1.165) is 0 Å². The number of ether oxygens (including phenoxy) is 1. The Hall–Kier alpha value is -3.10. The van der Waals surface area contributed by atoms with Gasteiger partial charge in [-0.2, -0.15) is 4.98 Å².